The molecule has 4 rings (SSSR count). The maximum atomic E-state index is 13.1. The Labute approximate surface area is 215 Å². The molecule has 1 saturated heterocycles. The highest BCUT2D eigenvalue weighted by Gasteiger charge is 2.39. The second-order valence-corrected chi connectivity index (χ2v) is 9.43. The number of hydrogen-bond donors (Lipinski definition) is 3. The van der Waals surface area contributed by atoms with Crippen molar-refractivity contribution in [2.45, 2.75) is 51.7 Å². The Bertz CT molecular complexity index is 1280. The van der Waals surface area contributed by atoms with Crippen LogP contribution in [0.1, 0.15) is 54.2 Å². The number of carbonyl (C=O) groups is 3. The summed E-state index contributed by atoms with van der Waals surface area (Å²) in [7, 11) is 0. The monoisotopic (exact) mass is 504 g/mol. The minimum Gasteiger partial charge on any atom is -0.489 e. The molecule has 3 N–H and O–H groups in total. The quantitative estimate of drug-likeness (QED) is 0.319. The smallest absolute Gasteiger partial charge is 0.251 e. The number of benzene rings is 2. The van der Waals surface area contributed by atoms with Crippen molar-refractivity contribution in [3.05, 3.63) is 71.4 Å². The van der Waals surface area contributed by atoms with E-state index < -0.39 is 11.4 Å². The number of aryl methyl sites for hydroxylation is 1. The number of nitrogens with zero attached hydrogens (tertiary/aromatic N) is 2. The van der Waals surface area contributed by atoms with E-state index in [2.05, 4.69) is 10.3 Å². The Kier molecular flexibility index (Phi) is 8.03. The molecule has 3 amide bonds. The van der Waals surface area contributed by atoms with Crippen LogP contribution in [-0.2, 0) is 16.2 Å². The van der Waals surface area contributed by atoms with Gasteiger partial charge in [0.2, 0.25) is 11.8 Å². The van der Waals surface area contributed by atoms with Crippen LogP contribution >= 0.6 is 0 Å². The number of carbonyl (C=O) groups excluding carboxylic acids is 3. The van der Waals surface area contributed by atoms with Crippen LogP contribution in [0.15, 0.2) is 54.6 Å². The first-order chi connectivity index (χ1) is 17.8. The second-order valence-electron chi connectivity index (χ2n) is 9.43. The molecule has 2 aromatic carbocycles. The van der Waals surface area contributed by atoms with Crippen molar-refractivity contribution in [2.75, 3.05) is 13.1 Å². The third kappa shape index (κ3) is 6.24. The molecule has 9 nitrogen and oxygen atoms in total. The van der Waals surface area contributed by atoms with Crippen LogP contribution in [0, 0.1) is 6.92 Å². The van der Waals surface area contributed by atoms with Gasteiger partial charge in [0, 0.05) is 41.7 Å². The third-order valence-corrected chi connectivity index (χ3v) is 6.82. The number of ether oxygens (including phenoxy) is 1. The summed E-state index contributed by atoms with van der Waals surface area (Å²) in [6.07, 6.45) is 1.16. The molecule has 0 radical (unpaired) electrons. The van der Waals surface area contributed by atoms with Gasteiger partial charge in [-0.05, 0) is 56.2 Å². The van der Waals surface area contributed by atoms with Gasteiger partial charge in [-0.2, -0.15) is 0 Å². The van der Waals surface area contributed by atoms with Crippen LogP contribution in [0.2, 0.25) is 0 Å². The van der Waals surface area contributed by atoms with E-state index >= 15 is 0 Å². The second kappa shape index (κ2) is 11.4. The molecule has 0 aliphatic carbocycles. The van der Waals surface area contributed by atoms with E-state index in [9.17, 15) is 14.4 Å². The number of hydroxylamine groups is 1. The molecule has 0 unspecified atom stereocenters. The van der Waals surface area contributed by atoms with Crippen LogP contribution in [0.4, 0.5) is 0 Å². The number of hydrogen-bond acceptors (Lipinski definition) is 6. The molecule has 2 heterocycles. The zero-order valence-electron chi connectivity index (χ0n) is 21.1. The summed E-state index contributed by atoms with van der Waals surface area (Å²) in [6, 6.07) is 16.8. The van der Waals surface area contributed by atoms with Gasteiger partial charge in [-0.25, -0.2) is 5.48 Å². The van der Waals surface area contributed by atoms with Gasteiger partial charge in [0.05, 0.1) is 17.5 Å². The van der Waals surface area contributed by atoms with Crippen molar-refractivity contribution >= 4 is 28.6 Å². The third-order valence-electron chi connectivity index (χ3n) is 6.82. The molecule has 1 aliphatic heterocycles. The highest BCUT2D eigenvalue weighted by Crippen LogP contribution is 2.27. The molecular weight excluding hydrogens is 472 g/mol. The van der Waals surface area contributed by atoms with Crippen molar-refractivity contribution in [2.24, 2.45) is 0 Å². The molecule has 3 aromatic rings. The Morgan fingerprint density at radius 3 is 2.46 bits per heavy atom. The van der Waals surface area contributed by atoms with E-state index in [1.807, 2.05) is 37.3 Å². The number of fused-ring (bicyclic) bond motifs is 1. The van der Waals surface area contributed by atoms with E-state index in [-0.39, 0.29) is 18.2 Å². The lowest BCUT2D eigenvalue weighted by Crippen LogP contribution is -2.57. The van der Waals surface area contributed by atoms with Gasteiger partial charge < -0.3 is 15.0 Å². The first kappa shape index (κ1) is 26.1. The van der Waals surface area contributed by atoms with Crippen LogP contribution < -0.4 is 15.5 Å². The molecule has 0 atom stereocenters. The van der Waals surface area contributed by atoms with Gasteiger partial charge in [-0.3, -0.25) is 24.6 Å². The van der Waals surface area contributed by atoms with Gasteiger partial charge >= 0.3 is 0 Å². The molecule has 1 aromatic heterocycles. The van der Waals surface area contributed by atoms with Gasteiger partial charge in [0.25, 0.3) is 5.91 Å². The fourth-order valence-electron chi connectivity index (χ4n) is 4.79. The van der Waals surface area contributed by atoms with E-state index in [0.717, 1.165) is 22.2 Å². The zero-order valence-corrected chi connectivity index (χ0v) is 21.1. The largest absolute Gasteiger partial charge is 0.489 e. The number of piperidine rings is 1. The van der Waals surface area contributed by atoms with Crippen molar-refractivity contribution in [3.8, 4) is 5.75 Å². The standard InChI is InChI=1S/C28H32N4O5/c1-3-26(34)32-14-12-28(13-15-32,17-25(33)31-36)30-27(35)20-8-10-22(11-9-20)37-18-21-16-19(2)29-24-7-5-4-6-23(21)24/h4-11,16,36H,3,12-15,17-18H2,1-2H3,(H,30,35)(H,31,33). The average molecular weight is 505 g/mol. The highest BCUT2D eigenvalue weighted by molar-refractivity contribution is 5.95. The summed E-state index contributed by atoms with van der Waals surface area (Å²) < 4.78 is 5.99. The van der Waals surface area contributed by atoms with E-state index in [4.69, 9.17) is 9.94 Å². The minimum atomic E-state index is -0.857. The number of aromatic nitrogens is 1. The summed E-state index contributed by atoms with van der Waals surface area (Å²) in [5.41, 5.74) is 4.08. The van der Waals surface area contributed by atoms with Gasteiger partial charge in [-0.1, -0.05) is 25.1 Å². The van der Waals surface area contributed by atoms with Gasteiger partial charge in [0.15, 0.2) is 0 Å². The van der Waals surface area contributed by atoms with Crippen molar-refractivity contribution in [3.63, 3.8) is 0 Å². The predicted octanol–water partition coefficient (Wildman–Crippen LogP) is 3.52. The summed E-state index contributed by atoms with van der Waals surface area (Å²) >= 11 is 0. The number of nitrogens with one attached hydrogen (secondary N) is 2. The van der Waals surface area contributed by atoms with Gasteiger partial charge in [-0.15, -0.1) is 0 Å². The van der Waals surface area contributed by atoms with E-state index in [1.165, 1.54) is 0 Å². The van der Waals surface area contributed by atoms with E-state index in [1.54, 1.807) is 41.6 Å². The Morgan fingerprint density at radius 1 is 1.08 bits per heavy atom. The number of likely N-dealkylation sites (tertiary alicyclic amines) is 1. The maximum Gasteiger partial charge on any atom is 0.251 e. The van der Waals surface area contributed by atoms with Gasteiger partial charge in [0.1, 0.15) is 12.4 Å². The van der Waals surface area contributed by atoms with Crippen molar-refractivity contribution in [1.29, 1.82) is 0 Å². The SMILES string of the molecule is CCC(=O)N1CCC(CC(=O)NO)(NC(=O)c2ccc(OCc3cc(C)nc4ccccc34)cc2)CC1. The molecule has 0 spiro atoms. The first-order valence-corrected chi connectivity index (χ1v) is 12.4. The first-order valence-electron chi connectivity index (χ1n) is 12.4. The molecular formula is C28H32N4O5. The fraction of sp³-hybridized carbons (Fsp3) is 0.357. The number of rotatable bonds is 8. The summed E-state index contributed by atoms with van der Waals surface area (Å²) in [5.74, 6) is -0.255. The number of para-hydroxylation sites is 1. The summed E-state index contributed by atoms with van der Waals surface area (Å²) in [6.45, 7) is 4.98. The zero-order chi connectivity index (χ0) is 26.4. The van der Waals surface area contributed by atoms with Crippen molar-refractivity contribution in [1.82, 2.24) is 20.7 Å². The normalized spacial score (nSPS) is 14.7. The lowest BCUT2D eigenvalue weighted by Gasteiger charge is -2.42. The Morgan fingerprint density at radius 2 is 1.78 bits per heavy atom. The lowest BCUT2D eigenvalue weighted by molar-refractivity contribution is -0.134. The van der Waals surface area contributed by atoms with Crippen LogP contribution in [-0.4, -0.2) is 51.4 Å². The highest BCUT2D eigenvalue weighted by atomic mass is 16.5. The Balaban J connectivity index is 1.42. The van der Waals surface area contributed by atoms with E-state index in [0.29, 0.717) is 50.3 Å². The molecule has 194 valence electrons. The lowest BCUT2D eigenvalue weighted by atomic mass is 9.83. The number of pyridine rings is 1. The Hall–Kier alpha value is -3.98. The fourth-order valence-corrected chi connectivity index (χ4v) is 4.79. The molecule has 0 bridgehead atoms. The number of amides is 3. The summed E-state index contributed by atoms with van der Waals surface area (Å²) in [4.78, 5) is 43.5. The molecule has 1 aliphatic rings. The predicted molar refractivity (Wildman–Crippen MR) is 138 cm³/mol. The maximum absolute atomic E-state index is 13.1. The van der Waals surface area contributed by atoms with Crippen LogP contribution in [0.5, 0.6) is 5.75 Å². The molecule has 1 fully saturated rings. The molecule has 0 saturated carbocycles. The molecule has 37 heavy (non-hydrogen) atoms. The topological polar surface area (TPSA) is 121 Å². The molecule has 9 heteroatoms. The minimum absolute atomic E-state index is 0.0389. The van der Waals surface area contributed by atoms with Crippen LogP contribution in [0.25, 0.3) is 10.9 Å². The van der Waals surface area contributed by atoms with Crippen LogP contribution in [0.3, 0.4) is 0 Å². The average Bonchev–Trinajstić information content (AvgIpc) is 2.91. The van der Waals surface area contributed by atoms with Crippen molar-refractivity contribution < 1.29 is 24.3 Å². The summed E-state index contributed by atoms with van der Waals surface area (Å²) in [5, 5.41) is 13.1.